The Hall–Kier alpha value is -6.83. The van der Waals surface area contributed by atoms with Crippen LogP contribution in [-0.4, -0.2) is 0 Å². The Morgan fingerprint density at radius 3 is 0.833 bits per heavy atom. The van der Waals surface area contributed by atoms with Gasteiger partial charge in [-0.05, 0) is 131 Å². The van der Waals surface area contributed by atoms with Crippen LogP contribution in [0.15, 0.2) is 255 Å². The Balaban J connectivity index is -0.00000141. The predicted molar refractivity (Wildman–Crippen MR) is 499 cm³/mol. The summed E-state index contributed by atoms with van der Waals surface area (Å²) in [5.41, 5.74) is 32.2. The van der Waals surface area contributed by atoms with Gasteiger partial charge in [-0.2, -0.15) is 23.8 Å². The van der Waals surface area contributed by atoms with Gasteiger partial charge < -0.3 is 49.1 Å². The first kappa shape index (κ1) is 111. The van der Waals surface area contributed by atoms with E-state index in [1.807, 2.05) is 172 Å². The largest absolute Gasteiger partial charge is 0.344 e. The van der Waals surface area contributed by atoms with Crippen molar-refractivity contribution in [2.24, 2.45) is 0 Å². The van der Waals surface area contributed by atoms with Crippen molar-refractivity contribution in [3.05, 3.63) is 410 Å². The number of hydrogen-bond acceptors (Lipinski definition) is 0. The van der Waals surface area contributed by atoms with Gasteiger partial charge in [0, 0.05) is 104 Å². The molecule has 0 unspecified atom stereocenters. The zero-order chi connectivity index (χ0) is 84.0. The van der Waals surface area contributed by atoms with Crippen molar-refractivity contribution in [2.45, 2.75) is 224 Å². The Morgan fingerprint density at radius 2 is 0.509 bits per heavy atom. The predicted octanol–water partition coefficient (Wildman–Crippen LogP) is 33.0. The van der Waals surface area contributed by atoms with E-state index in [1.165, 1.54) is 134 Å². The summed E-state index contributed by atoms with van der Waals surface area (Å²) in [7, 11) is 0. The van der Waals surface area contributed by atoms with E-state index in [2.05, 4.69) is 308 Å². The van der Waals surface area contributed by atoms with Gasteiger partial charge in [-0.15, -0.1) is 22.8 Å². The molecule has 0 amide bonds. The molecule has 3 radical (unpaired) electrons. The van der Waals surface area contributed by atoms with E-state index in [1.54, 1.807) is 18.2 Å². The van der Waals surface area contributed by atoms with Crippen LogP contribution >= 0.6 is 0 Å². The first-order valence-electron chi connectivity index (χ1n) is 42.0. The monoisotopic (exact) mass is 1740 g/mol. The van der Waals surface area contributed by atoms with Crippen molar-refractivity contribution >= 4 is 18.2 Å². The summed E-state index contributed by atoms with van der Waals surface area (Å²) in [5.74, 6) is 0. The standard InChI is InChI=1S/3C29H22.12C2H6.3Y/c1-4-22-14-11-16-24-23-15-7-10-19-27(23)29(28(22)24,25-17-8-5-12-20(25)2)26-18-9-6-13-21(26)3;2*1-4-22-17-18-24-23-13-7-10-16-27(23)29(28(24)19-22,25-14-8-5-11-20(25)2)26-15-9-6-12-21(26)3;12*1-2;;;/h1,4-13,15-19H,2-3H3;1,4-16,18-19H,2-3H3;1,4-18H,2-3H3;12*1-2H3;;;/q3*-2;;;;;;;;;;;;;;;. The molecule has 12 aromatic rings. The van der Waals surface area contributed by atoms with Crippen molar-refractivity contribution in [3.8, 4) is 33.4 Å². The molecule has 114 heavy (non-hydrogen) atoms. The fourth-order valence-corrected chi connectivity index (χ4v) is 15.2. The van der Waals surface area contributed by atoms with Gasteiger partial charge in [0.2, 0.25) is 0 Å². The van der Waals surface area contributed by atoms with Gasteiger partial charge in [-0.25, -0.2) is 30.3 Å². The van der Waals surface area contributed by atoms with E-state index in [9.17, 15) is 0 Å². The van der Waals surface area contributed by atoms with Gasteiger partial charge in [-0.1, -0.05) is 407 Å². The fraction of sp³-hybridized carbons (Fsp3) is 0.297. The SMILES string of the molecule is CC.CC.CC.CC.CC.CC.CC.CC.CC.CC.CC.CC.[CH-]=Cc1[c-]c2c(cc1)-c1ccccc1C2(c1ccccc1C)c1ccccc1C.[CH-]=Cc1[c-]cc2c(c1)C(c1ccccc1C)(c1ccccc1C)c1ccccc1-2.[CH-]=Cc1[c-]ccc2c1C(c1ccccc1C)(c1ccccc1C)c1ccccc1-2.[Y].[Y].[Y]. The molecular formula is C111H138Y3-6. The Labute approximate surface area is 774 Å². The summed E-state index contributed by atoms with van der Waals surface area (Å²) in [6.07, 6.45) is 4.99. The van der Waals surface area contributed by atoms with Crippen LogP contribution in [0.2, 0.25) is 0 Å². The summed E-state index contributed by atoms with van der Waals surface area (Å²) < 4.78 is 0. The number of benzene rings is 12. The maximum atomic E-state index is 6.15. The van der Waals surface area contributed by atoms with Gasteiger partial charge in [0.05, 0.1) is 10.8 Å². The summed E-state index contributed by atoms with van der Waals surface area (Å²) in [6.45, 7) is 79.2. The summed E-state index contributed by atoms with van der Waals surface area (Å²) in [4.78, 5) is 0. The van der Waals surface area contributed by atoms with Crippen LogP contribution in [0.5, 0.6) is 0 Å². The number of aryl methyl sites for hydroxylation is 6. The van der Waals surface area contributed by atoms with Crippen LogP contribution in [0.1, 0.15) is 283 Å². The van der Waals surface area contributed by atoms with E-state index in [0.717, 1.165) is 16.7 Å². The molecule has 0 N–H and O–H groups in total. The van der Waals surface area contributed by atoms with Crippen molar-refractivity contribution in [3.63, 3.8) is 0 Å². The molecule has 597 valence electrons. The van der Waals surface area contributed by atoms with Crippen LogP contribution in [-0.2, 0) is 114 Å². The molecule has 0 spiro atoms. The van der Waals surface area contributed by atoms with Crippen LogP contribution in [0, 0.1) is 79.5 Å². The summed E-state index contributed by atoms with van der Waals surface area (Å²) in [5, 5.41) is 0. The third kappa shape index (κ3) is 23.1. The first-order chi connectivity index (χ1) is 54.5. The van der Waals surface area contributed by atoms with Crippen LogP contribution in [0.25, 0.3) is 51.6 Å². The second kappa shape index (κ2) is 59.8. The van der Waals surface area contributed by atoms with Gasteiger partial charge in [0.15, 0.2) is 0 Å². The van der Waals surface area contributed by atoms with Crippen molar-refractivity contribution in [1.29, 1.82) is 0 Å². The minimum atomic E-state index is -0.425. The second-order valence-corrected chi connectivity index (χ2v) is 23.4. The molecule has 15 rings (SSSR count). The van der Waals surface area contributed by atoms with Gasteiger partial charge in [0.25, 0.3) is 0 Å². The molecule has 12 aromatic carbocycles. The smallest absolute Gasteiger partial charge is 0.0529 e. The minimum Gasteiger partial charge on any atom is -0.344 e. The molecular weight excluding hydrogens is 1600 g/mol. The van der Waals surface area contributed by atoms with Gasteiger partial charge in [-0.3, -0.25) is 5.56 Å². The fourth-order valence-electron chi connectivity index (χ4n) is 15.2. The molecule has 0 saturated heterocycles. The number of rotatable bonds is 9. The quantitative estimate of drug-likeness (QED) is 0.126. The Kier molecular flexibility index (Phi) is 58.4. The zero-order valence-corrected chi connectivity index (χ0v) is 84.5. The molecule has 0 bridgehead atoms. The maximum absolute atomic E-state index is 6.15. The topological polar surface area (TPSA) is 0 Å². The van der Waals surface area contributed by atoms with E-state index in [4.69, 9.17) is 19.7 Å². The van der Waals surface area contributed by atoms with Crippen LogP contribution in [0.4, 0.5) is 0 Å². The Morgan fingerprint density at radius 1 is 0.237 bits per heavy atom. The van der Waals surface area contributed by atoms with E-state index in [0.29, 0.717) is 0 Å². The van der Waals surface area contributed by atoms with E-state index >= 15 is 0 Å². The maximum Gasteiger partial charge on any atom is 0.0529 e. The molecule has 0 heterocycles. The van der Waals surface area contributed by atoms with Crippen molar-refractivity contribution in [1.82, 2.24) is 0 Å². The normalized spacial score (nSPS) is 11.0. The second-order valence-electron chi connectivity index (χ2n) is 23.4. The minimum absolute atomic E-state index is 0. The van der Waals surface area contributed by atoms with Crippen molar-refractivity contribution < 1.29 is 98.1 Å². The third-order valence-corrected chi connectivity index (χ3v) is 18.8. The average molecular weight is 1740 g/mol. The molecule has 0 fully saturated rings. The molecule has 0 aliphatic heterocycles. The zero-order valence-electron chi connectivity index (χ0n) is 75.9. The summed E-state index contributed by atoms with van der Waals surface area (Å²) >= 11 is 0. The van der Waals surface area contributed by atoms with E-state index < -0.39 is 10.8 Å². The molecule has 3 aliphatic rings. The number of fused-ring (bicyclic) bond motifs is 9. The molecule has 3 heteroatoms. The molecule has 0 nitrogen and oxygen atoms in total. The van der Waals surface area contributed by atoms with Gasteiger partial charge >= 0.3 is 0 Å². The third-order valence-electron chi connectivity index (χ3n) is 18.8. The van der Waals surface area contributed by atoms with Gasteiger partial charge in [0.1, 0.15) is 0 Å². The van der Waals surface area contributed by atoms with Crippen LogP contribution < -0.4 is 0 Å². The molecule has 0 atom stereocenters. The van der Waals surface area contributed by atoms with E-state index in [-0.39, 0.29) is 104 Å². The molecule has 0 aromatic heterocycles. The molecule has 3 aliphatic carbocycles. The molecule has 0 saturated carbocycles. The summed E-state index contributed by atoms with van der Waals surface area (Å²) in [6, 6.07) is 102. The van der Waals surface area contributed by atoms with Crippen LogP contribution in [0.3, 0.4) is 0 Å². The average Bonchev–Trinajstić information content (AvgIpc) is 1.54. The number of hydrogen-bond donors (Lipinski definition) is 0. The Bertz CT molecular complexity index is 4350. The van der Waals surface area contributed by atoms with Crippen molar-refractivity contribution in [2.75, 3.05) is 0 Å². The first-order valence-corrected chi connectivity index (χ1v) is 42.0.